The van der Waals surface area contributed by atoms with Gasteiger partial charge >= 0.3 is 6.09 Å². The molecule has 1 aliphatic carbocycles. The summed E-state index contributed by atoms with van der Waals surface area (Å²) in [5, 5.41) is 3.77. The van der Waals surface area contributed by atoms with Crippen LogP contribution < -0.4 is 0 Å². The van der Waals surface area contributed by atoms with Crippen molar-refractivity contribution in [2.24, 2.45) is 11.0 Å². The normalized spacial score (nSPS) is 21.0. The Balaban J connectivity index is 1.48. The fourth-order valence-electron chi connectivity index (χ4n) is 4.00. The lowest BCUT2D eigenvalue weighted by atomic mass is 9.98. The number of rotatable bonds is 3. The first kappa shape index (κ1) is 16.5. The zero-order chi connectivity index (χ0) is 18.1. The first-order chi connectivity index (χ1) is 12.7. The van der Waals surface area contributed by atoms with E-state index < -0.39 is 0 Å². The van der Waals surface area contributed by atoms with Crippen LogP contribution >= 0.6 is 0 Å². The number of carbonyl (C=O) groups excluding carboxylic acids is 1. The molecule has 1 amide bonds. The fourth-order valence-corrected chi connectivity index (χ4v) is 4.00. The number of azide groups is 1. The van der Waals surface area contributed by atoms with Crippen LogP contribution in [0.25, 0.3) is 21.6 Å². The van der Waals surface area contributed by atoms with E-state index in [2.05, 4.69) is 34.3 Å². The van der Waals surface area contributed by atoms with Crippen LogP contribution in [0.2, 0.25) is 0 Å². The second kappa shape index (κ2) is 6.73. The topological polar surface area (TPSA) is 78.3 Å². The van der Waals surface area contributed by atoms with E-state index in [1.54, 1.807) is 4.90 Å². The Bertz CT molecular complexity index is 845. The summed E-state index contributed by atoms with van der Waals surface area (Å²) < 4.78 is 5.65. The Kier molecular flexibility index (Phi) is 4.27. The number of hydrogen-bond acceptors (Lipinski definition) is 3. The molecule has 0 N–H and O–H groups in total. The number of benzene rings is 2. The van der Waals surface area contributed by atoms with Crippen LogP contribution in [0.3, 0.4) is 0 Å². The molecular weight excluding hydrogens is 328 g/mol. The third-order valence-corrected chi connectivity index (χ3v) is 5.37. The maximum Gasteiger partial charge on any atom is 0.409 e. The molecular formula is C20H20N4O2. The van der Waals surface area contributed by atoms with Gasteiger partial charge < -0.3 is 9.64 Å². The molecule has 1 heterocycles. The lowest BCUT2D eigenvalue weighted by Gasteiger charge is -2.19. The van der Waals surface area contributed by atoms with Crippen molar-refractivity contribution in [3.05, 3.63) is 70.1 Å². The highest BCUT2D eigenvalue weighted by molar-refractivity contribution is 5.79. The van der Waals surface area contributed by atoms with Crippen molar-refractivity contribution in [1.29, 1.82) is 0 Å². The Morgan fingerprint density at radius 1 is 1.15 bits per heavy atom. The van der Waals surface area contributed by atoms with Gasteiger partial charge in [-0.05, 0) is 33.7 Å². The molecule has 0 aromatic heterocycles. The fraction of sp³-hybridized carbons (Fsp3) is 0.350. The predicted octanol–water partition coefficient (Wildman–Crippen LogP) is 4.57. The number of ether oxygens (including phenoxy) is 1. The van der Waals surface area contributed by atoms with Crippen molar-refractivity contribution < 1.29 is 9.53 Å². The van der Waals surface area contributed by atoms with Crippen LogP contribution in [0.5, 0.6) is 0 Å². The Hall–Kier alpha value is -2.98. The van der Waals surface area contributed by atoms with Gasteiger partial charge in [0, 0.05) is 23.9 Å². The van der Waals surface area contributed by atoms with E-state index in [1.165, 1.54) is 22.3 Å². The van der Waals surface area contributed by atoms with Gasteiger partial charge in [0.15, 0.2) is 0 Å². The smallest absolute Gasteiger partial charge is 0.409 e. The summed E-state index contributed by atoms with van der Waals surface area (Å²) in [6, 6.07) is 16.4. The molecule has 2 aromatic rings. The van der Waals surface area contributed by atoms with Gasteiger partial charge in [-0.25, -0.2) is 4.79 Å². The Labute approximate surface area is 152 Å². The van der Waals surface area contributed by atoms with Gasteiger partial charge in [0.05, 0.1) is 6.04 Å². The van der Waals surface area contributed by atoms with Gasteiger partial charge in [-0.1, -0.05) is 60.6 Å². The zero-order valence-corrected chi connectivity index (χ0v) is 14.6. The largest absolute Gasteiger partial charge is 0.448 e. The first-order valence-electron chi connectivity index (χ1n) is 8.83. The van der Waals surface area contributed by atoms with Gasteiger partial charge in [0.25, 0.3) is 0 Å². The number of carbonyl (C=O) groups is 1. The van der Waals surface area contributed by atoms with Crippen molar-refractivity contribution in [2.75, 3.05) is 19.7 Å². The lowest BCUT2D eigenvalue weighted by Crippen LogP contribution is -2.31. The number of amides is 1. The van der Waals surface area contributed by atoms with Crippen LogP contribution in [-0.4, -0.2) is 36.7 Å². The van der Waals surface area contributed by atoms with Crippen molar-refractivity contribution in [3.63, 3.8) is 0 Å². The molecule has 6 heteroatoms. The van der Waals surface area contributed by atoms with Gasteiger partial charge in [-0.15, -0.1) is 0 Å². The molecule has 0 saturated carbocycles. The minimum atomic E-state index is -0.339. The summed E-state index contributed by atoms with van der Waals surface area (Å²) in [6.07, 6.45) is -0.339. The van der Waals surface area contributed by atoms with E-state index in [0.29, 0.717) is 19.7 Å². The summed E-state index contributed by atoms with van der Waals surface area (Å²) in [5.74, 6) is 0.200. The molecule has 2 aliphatic rings. The maximum atomic E-state index is 12.5. The SMILES string of the molecule is C[C@@H]1CN(C(=O)OCC2c3ccccc3-c3ccccc32)C[C@H]1N=[N+]=[N-]. The quantitative estimate of drug-likeness (QED) is 0.463. The van der Waals surface area contributed by atoms with Crippen LogP contribution in [0.4, 0.5) is 4.79 Å². The number of nitrogens with zero attached hydrogens (tertiary/aromatic N) is 4. The number of fused-ring (bicyclic) bond motifs is 3. The van der Waals surface area contributed by atoms with E-state index in [4.69, 9.17) is 10.3 Å². The minimum absolute atomic E-state index is 0.0549. The molecule has 0 bridgehead atoms. The van der Waals surface area contributed by atoms with Crippen molar-refractivity contribution in [3.8, 4) is 11.1 Å². The molecule has 132 valence electrons. The standard InChI is InChI=1S/C20H20N4O2/c1-13-10-24(11-19(13)22-23-21)20(25)26-12-18-16-8-4-2-6-14(16)15-7-3-5-9-17(15)18/h2-9,13,18-19H,10-12H2,1H3/t13-,19-/m1/s1. The summed E-state index contributed by atoms with van der Waals surface area (Å²) in [5.41, 5.74) is 13.4. The molecule has 2 aromatic carbocycles. The molecule has 1 aliphatic heterocycles. The molecule has 4 rings (SSSR count). The summed E-state index contributed by atoms with van der Waals surface area (Å²) in [4.78, 5) is 17.0. The summed E-state index contributed by atoms with van der Waals surface area (Å²) in [6.45, 7) is 3.27. The monoisotopic (exact) mass is 348 g/mol. The molecule has 1 fully saturated rings. The molecule has 6 nitrogen and oxygen atoms in total. The van der Waals surface area contributed by atoms with Crippen LogP contribution in [0.1, 0.15) is 24.0 Å². The Morgan fingerprint density at radius 2 is 1.77 bits per heavy atom. The van der Waals surface area contributed by atoms with E-state index in [-0.39, 0.29) is 24.0 Å². The average Bonchev–Trinajstić information content (AvgIpc) is 3.19. The van der Waals surface area contributed by atoms with Crippen LogP contribution in [-0.2, 0) is 4.74 Å². The van der Waals surface area contributed by atoms with E-state index in [9.17, 15) is 4.79 Å². The summed E-state index contributed by atoms with van der Waals surface area (Å²) in [7, 11) is 0. The van der Waals surface area contributed by atoms with Crippen LogP contribution in [0.15, 0.2) is 53.6 Å². The van der Waals surface area contributed by atoms with E-state index in [0.717, 1.165) is 0 Å². The average molecular weight is 348 g/mol. The van der Waals surface area contributed by atoms with Crippen molar-refractivity contribution >= 4 is 6.09 Å². The molecule has 0 unspecified atom stereocenters. The predicted molar refractivity (Wildman–Crippen MR) is 98.7 cm³/mol. The number of likely N-dealkylation sites (tertiary alicyclic amines) is 1. The highest BCUT2D eigenvalue weighted by atomic mass is 16.6. The van der Waals surface area contributed by atoms with E-state index >= 15 is 0 Å². The second-order valence-corrected chi connectivity index (χ2v) is 6.96. The van der Waals surface area contributed by atoms with Crippen molar-refractivity contribution in [1.82, 2.24) is 4.90 Å². The molecule has 1 saturated heterocycles. The van der Waals surface area contributed by atoms with Gasteiger partial charge in [0.2, 0.25) is 0 Å². The minimum Gasteiger partial charge on any atom is -0.448 e. The molecule has 26 heavy (non-hydrogen) atoms. The van der Waals surface area contributed by atoms with Crippen LogP contribution in [0, 0.1) is 5.92 Å². The van der Waals surface area contributed by atoms with Gasteiger partial charge in [-0.3, -0.25) is 0 Å². The Morgan fingerprint density at radius 3 is 2.38 bits per heavy atom. The summed E-state index contributed by atoms with van der Waals surface area (Å²) >= 11 is 0. The zero-order valence-electron chi connectivity index (χ0n) is 14.6. The lowest BCUT2D eigenvalue weighted by molar-refractivity contribution is 0.106. The third kappa shape index (κ3) is 2.78. The van der Waals surface area contributed by atoms with Crippen molar-refractivity contribution in [2.45, 2.75) is 18.9 Å². The molecule has 2 atom stereocenters. The highest BCUT2D eigenvalue weighted by Gasteiger charge is 2.34. The maximum absolute atomic E-state index is 12.5. The highest BCUT2D eigenvalue weighted by Crippen LogP contribution is 2.44. The first-order valence-corrected chi connectivity index (χ1v) is 8.83. The molecule has 0 spiro atoms. The van der Waals surface area contributed by atoms with Gasteiger partial charge in [-0.2, -0.15) is 0 Å². The van der Waals surface area contributed by atoms with E-state index in [1.807, 2.05) is 31.2 Å². The third-order valence-electron chi connectivity index (χ3n) is 5.37. The molecule has 0 radical (unpaired) electrons. The number of hydrogen-bond donors (Lipinski definition) is 0. The second-order valence-electron chi connectivity index (χ2n) is 6.96. The van der Waals surface area contributed by atoms with Gasteiger partial charge in [0.1, 0.15) is 6.61 Å².